The molecular formula is C32H22Br4N8O4S2. The number of sulfonamides is 2. The lowest BCUT2D eigenvalue weighted by Gasteiger charge is -2.11. The van der Waals surface area contributed by atoms with Crippen LogP contribution in [0.3, 0.4) is 0 Å². The summed E-state index contributed by atoms with van der Waals surface area (Å²) in [6.45, 7) is 0. The molecule has 254 valence electrons. The van der Waals surface area contributed by atoms with Crippen LogP contribution in [-0.2, 0) is 20.0 Å². The van der Waals surface area contributed by atoms with Gasteiger partial charge in [-0.15, -0.1) is 20.5 Å². The summed E-state index contributed by atoms with van der Waals surface area (Å²) in [6.07, 6.45) is 0. The minimum absolute atomic E-state index is 0.113. The molecule has 0 aliphatic carbocycles. The first-order chi connectivity index (χ1) is 23.5. The highest BCUT2D eigenvalue weighted by Crippen LogP contribution is 2.44. The van der Waals surface area contributed by atoms with Crippen molar-refractivity contribution in [3.8, 4) is 11.1 Å². The average Bonchev–Trinajstić information content (AvgIpc) is 3.04. The van der Waals surface area contributed by atoms with E-state index in [1.54, 1.807) is 48.5 Å². The van der Waals surface area contributed by atoms with Crippen molar-refractivity contribution in [3.05, 3.63) is 103 Å². The molecule has 0 amide bonds. The molecule has 0 spiro atoms. The second-order valence-electron chi connectivity index (χ2n) is 10.8. The van der Waals surface area contributed by atoms with Gasteiger partial charge in [0, 0.05) is 39.4 Å². The highest BCUT2D eigenvalue weighted by atomic mass is 79.9. The van der Waals surface area contributed by atoms with Gasteiger partial charge in [-0.1, -0.05) is 48.5 Å². The van der Waals surface area contributed by atoms with Gasteiger partial charge in [-0.25, -0.2) is 27.1 Å². The first-order valence-corrected chi connectivity index (χ1v) is 20.3. The third-order valence-corrected chi connectivity index (χ3v) is 11.9. The normalized spacial score (nSPS) is 12.5. The van der Waals surface area contributed by atoms with Gasteiger partial charge in [0.2, 0.25) is 20.0 Å². The predicted octanol–water partition coefficient (Wildman–Crippen LogP) is 10.00. The third-order valence-electron chi connectivity index (χ3n) is 7.55. The van der Waals surface area contributed by atoms with Crippen LogP contribution < -0.4 is 21.7 Å². The van der Waals surface area contributed by atoms with E-state index < -0.39 is 20.0 Å². The van der Waals surface area contributed by atoms with Gasteiger partial charge in [-0.05, 0) is 111 Å². The Balaban J connectivity index is 1.34. The van der Waals surface area contributed by atoms with Gasteiger partial charge in [0.1, 0.15) is 22.7 Å². The number of halogens is 4. The first-order valence-electron chi connectivity index (χ1n) is 14.0. The Morgan fingerprint density at radius 1 is 0.460 bits per heavy atom. The fraction of sp³-hybridized carbons (Fsp3) is 0. The van der Waals surface area contributed by atoms with Crippen LogP contribution in [-0.4, -0.2) is 16.8 Å². The van der Waals surface area contributed by atoms with Crippen LogP contribution in [0.15, 0.2) is 133 Å². The number of nitrogens with two attached hydrogens (primary N) is 4. The van der Waals surface area contributed by atoms with Gasteiger partial charge in [-0.2, -0.15) is 0 Å². The van der Waals surface area contributed by atoms with Crippen molar-refractivity contribution in [1.29, 1.82) is 0 Å². The molecule has 8 N–H and O–H groups in total. The second kappa shape index (κ2) is 13.8. The molecule has 50 heavy (non-hydrogen) atoms. The highest BCUT2D eigenvalue weighted by molar-refractivity contribution is 9.11. The lowest BCUT2D eigenvalue weighted by atomic mass is 10.1. The van der Waals surface area contributed by atoms with E-state index in [0.717, 1.165) is 11.1 Å². The number of primary sulfonamides is 2. The van der Waals surface area contributed by atoms with E-state index in [1.165, 1.54) is 12.1 Å². The van der Waals surface area contributed by atoms with Crippen molar-refractivity contribution in [2.75, 3.05) is 11.5 Å². The Morgan fingerprint density at radius 3 is 1.06 bits per heavy atom. The van der Waals surface area contributed by atoms with Crippen molar-refractivity contribution in [2.24, 2.45) is 30.7 Å². The van der Waals surface area contributed by atoms with Crippen molar-refractivity contribution >= 4 is 139 Å². The fourth-order valence-corrected chi connectivity index (χ4v) is 9.41. The fourth-order valence-electron chi connectivity index (χ4n) is 5.20. The Kier molecular flexibility index (Phi) is 10.0. The van der Waals surface area contributed by atoms with Gasteiger partial charge in [-0.3, -0.25) is 0 Å². The Hall–Kier alpha value is -3.62. The maximum atomic E-state index is 12.3. The molecule has 0 heterocycles. The highest BCUT2D eigenvalue weighted by Gasteiger charge is 2.20. The zero-order valence-electron chi connectivity index (χ0n) is 25.1. The molecule has 0 unspecified atom stereocenters. The Morgan fingerprint density at radius 2 is 0.760 bits per heavy atom. The molecule has 0 aliphatic rings. The van der Waals surface area contributed by atoms with E-state index in [0.29, 0.717) is 50.8 Å². The number of azo groups is 2. The van der Waals surface area contributed by atoms with Gasteiger partial charge < -0.3 is 11.5 Å². The standard InChI is InChI=1S/C32H22Br4N8O4S2/c33-21-9-15(10-22(34)31(21)43-41-25-13-27(49(39,45)46)17-5-1-3-7-19(17)29(25)37)16-11-23(35)32(24(36)12-16)44-42-26-14-28(50(40,47)48)18-6-2-4-8-20(18)30(26)38/h1-14H,37-38H2,(H2,39,45,46)(H2,40,47,48). The number of fused-ring (bicyclic) bond motifs is 2. The van der Waals surface area contributed by atoms with Gasteiger partial charge >= 0.3 is 0 Å². The van der Waals surface area contributed by atoms with E-state index in [4.69, 9.17) is 21.7 Å². The minimum Gasteiger partial charge on any atom is -0.396 e. The molecule has 0 fully saturated rings. The average molecular weight is 966 g/mol. The number of benzene rings is 6. The summed E-state index contributed by atoms with van der Waals surface area (Å²) < 4.78 is 51.7. The molecule has 0 bridgehead atoms. The number of hydrogen-bond donors (Lipinski definition) is 4. The van der Waals surface area contributed by atoms with Gasteiger partial charge in [0.05, 0.1) is 21.2 Å². The topological polar surface area (TPSA) is 222 Å². The van der Waals surface area contributed by atoms with E-state index in [2.05, 4.69) is 84.2 Å². The summed E-state index contributed by atoms with van der Waals surface area (Å²) in [7, 11) is -8.16. The maximum Gasteiger partial charge on any atom is 0.238 e. The predicted molar refractivity (Wildman–Crippen MR) is 210 cm³/mol. The van der Waals surface area contributed by atoms with Crippen molar-refractivity contribution in [3.63, 3.8) is 0 Å². The Bertz CT molecular complexity index is 2460. The third kappa shape index (κ3) is 7.11. The molecule has 12 nitrogen and oxygen atoms in total. The summed E-state index contributed by atoms with van der Waals surface area (Å²) in [4.78, 5) is -0.226. The molecule has 0 saturated carbocycles. The molecule has 0 aliphatic heterocycles. The monoisotopic (exact) mass is 962 g/mol. The lowest BCUT2D eigenvalue weighted by molar-refractivity contribution is 0.597. The largest absolute Gasteiger partial charge is 0.396 e. The summed E-state index contributed by atoms with van der Waals surface area (Å²) >= 11 is 14.3. The Labute approximate surface area is 319 Å². The molecule has 0 atom stereocenters. The molecule has 0 aromatic heterocycles. The summed E-state index contributed by atoms with van der Waals surface area (Å²) in [6, 6.07) is 23.4. The van der Waals surface area contributed by atoms with Crippen LogP contribution in [0.4, 0.5) is 34.1 Å². The molecule has 0 radical (unpaired) electrons. The molecule has 18 heteroatoms. The van der Waals surface area contributed by atoms with Crippen LogP contribution >= 0.6 is 63.7 Å². The van der Waals surface area contributed by atoms with Crippen LogP contribution in [0.2, 0.25) is 0 Å². The summed E-state index contributed by atoms with van der Waals surface area (Å²) in [5, 5.41) is 30.0. The van der Waals surface area contributed by atoms with E-state index >= 15 is 0 Å². The van der Waals surface area contributed by atoms with Gasteiger partial charge in [0.15, 0.2) is 0 Å². The lowest BCUT2D eigenvalue weighted by Crippen LogP contribution is -2.13. The van der Waals surface area contributed by atoms with Crippen molar-refractivity contribution < 1.29 is 16.8 Å². The minimum atomic E-state index is -4.08. The number of hydrogen-bond acceptors (Lipinski definition) is 10. The summed E-state index contributed by atoms with van der Waals surface area (Å²) in [5.74, 6) is 0. The molecule has 6 aromatic carbocycles. The van der Waals surface area contributed by atoms with Crippen LogP contribution in [0.25, 0.3) is 32.7 Å². The first kappa shape index (κ1) is 36.2. The number of rotatable bonds is 7. The van der Waals surface area contributed by atoms with Crippen molar-refractivity contribution in [1.82, 2.24) is 0 Å². The maximum absolute atomic E-state index is 12.3. The summed E-state index contributed by atoms with van der Waals surface area (Å²) in [5.41, 5.74) is 15.9. The number of anilines is 2. The second-order valence-corrected chi connectivity index (χ2v) is 17.3. The van der Waals surface area contributed by atoms with Crippen LogP contribution in [0.1, 0.15) is 0 Å². The molecule has 0 saturated heterocycles. The number of nitrogens with zero attached hydrogens (tertiary/aromatic N) is 4. The number of nitrogen functional groups attached to an aromatic ring is 2. The van der Waals surface area contributed by atoms with Crippen LogP contribution in [0.5, 0.6) is 0 Å². The van der Waals surface area contributed by atoms with Gasteiger partial charge in [0.25, 0.3) is 0 Å². The van der Waals surface area contributed by atoms with E-state index in [1.807, 2.05) is 24.3 Å². The van der Waals surface area contributed by atoms with E-state index in [-0.39, 0.29) is 32.5 Å². The smallest absolute Gasteiger partial charge is 0.238 e. The molecule has 6 rings (SSSR count). The van der Waals surface area contributed by atoms with E-state index in [9.17, 15) is 16.8 Å². The van der Waals surface area contributed by atoms with Crippen molar-refractivity contribution in [2.45, 2.75) is 9.79 Å². The zero-order valence-corrected chi connectivity index (χ0v) is 33.1. The zero-order chi connectivity index (χ0) is 36.1. The molecule has 6 aromatic rings. The van der Waals surface area contributed by atoms with Crippen LogP contribution in [0, 0.1) is 0 Å². The SMILES string of the molecule is Nc1c(N=Nc2c(Br)cc(-c3cc(Br)c(N=Nc4cc(S(N)(=O)=O)c5ccccc5c4N)c(Br)c3)cc2Br)cc(S(N)(=O)=O)c2ccccc12. The molecular weight excluding hydrogens is 944 g/mol. The quantitative estimate of drug-likeness (QED) is 0.0900.